The molecule has 2 heteroatoms. The molecule has 3 saturated heterocycles. The van der Waals surface area contributed by atoms with E-state index in [1.54, 1.807) is 0 Å². The Kier molecular flexibility index (Phi) is 4.79. The van der Waals surface area contributed by atoms with Gasteiger partial charge in [0, 0.05) is 24.7 Å². The van der Waals surface area contributed by atoms with E-state index >= 15 is 0 Å². The summed E-state index contributed by atoms with van der Waals surface area (Å²) in [6.45, 7) is 2.37. The Hall–Kier alpha value is -1.64. The molecular weight excluding hydrogens is 328 g/mol. The Morgan fingerprint density at radius 1 is 0.741 bits per heavy atom. The molecule has 142 valence electrons. The molecule has 0 spiro atoms. The summed E-state index contributed by atoms with van der Waals surface area (Å²) >= 11 is 0. The molecule has 0 radical (unpaired) electrons. The van der Waals surface area contributed by atoms with Crippen LogP contribution < -0.4 is 0 Å². The number of benzene rings is 2. The van der Waals surface area contributed by atoms with E-state index in [0.717, 1.165) is 18.6 Å². The highest BCUT2D eigenvalue weighted by atomic mass is 15.2. The molecule has 0 aliphatic carbocycles. The maximum Gasteiger partial charge on any atom is 0.0345 e. The van der Waals surface area contributed by atoms with E-state index < -0.39 is 0 Å². The van der Waals surface area contributed by atoms with Crippen LogP contribution in [0.5, 0.6) is 0 Å². The lowest BCUT2D eigenvalue weighted by Gasteiger charge is -2.34. The molecular formula is C25H32N2. The Morgan fingerprint density at radius 2 is 1.37 bits per heavy atom. The van der Waals surface area contributed by atoms with E-state index in [0.29, 0.717) is 6.04 Å². The molecule has 27 heavy (non-hydrogen) atoms. The van der Waals surface area contributed by atoms with Crippen molar-refractivity contribution in [2.75, 3.05) is 13.6 Å². The maximum absolute atomic E-state index is 2.78. The third-order valence-electron chi connectivity index (χ3n) is 7.31. The quantitative estimate of drug-likeness (QED) is 0.696. The van der Waals surface area contributed by atoms with Gasteiger partial charge in [0.25, 0.3) is 0 Å². The highest BCUT2D eigenvalue weighted by molar-refractivity contribution is 5.64. The smallest absolute Gasteiger partial charge is 0.0345 e. The van der Waals surface area contributed by atoms with Gasteiger partial charge in [0.2, 0.25) is 0 Å². The van der Waals surface area contributed by atoms with Gasteiger partial charge in [-0.25, -0.2) is 0 Å². The van der Waals surface area contributed by atoms with Crippen LogP contribution in [0.25, 0.3) is 11.1 Å². The second kappa shape index (κ2) is 7.41. The fourth-order valence-electron chi connectivity index (χ4n) is 5.72. The van der Waals surface area contributed by atoms with Gasteiger partial charge in [-0.05, 0) is 74.4 Å². The molecule has 2 aromatic carbocycles. The molecule has 3 aliphatic heterocycles. The maximum atomic E-state index is 2.78. The fraction of sp³-hybridized carbons (Fsp3) is 0.520. The van der Waals surface area contributed by atoms with Crippen molar-refractivity contribution < 1.29 is 0 Å². The minimum atomic E-state index is 0.612. The predicted octanol–water partition coefficient (Wildman–Crippen LogP) is 5.64. The van der Waals surface area contributed by atoms with Crippen molar-refractivity contribution in [3.05, 3.63) is 59.7 Å². The van der Waals surface area contributed by atoms with Crippen LogP contribution in [0.1, 0.15) is 62.1 Å². The first kappa shape index (κ1) is 17.5. The van der Waals surface area contributed by atoms with Crippen LogP contribution in [-0.2, 0) is 6.54 Å². The van der Waals surface area contributed by atoms with Crippen molar-refractivity contribution in [1.29, 1.82) is 0 Å². The van der Waals surface area contributed by atoms with Gasteiger partial charge in [-0.1, -0.05) is 55.0 Å². The van der Waals surface area contributed by atoms with Crippen molar-refractivity contribution >= 4 is 0 Å². The van der Waals surface area contributed by atoms with Gasteiger partial charge >= 0.3 is 0 Å². The minimum absolute atomic E-state index is 0.612. The predicted molar refractivity (Wildman–Crippen MR) is 113 cm³/mol. The second-order valence-electron chi connectivity index (χ2n) is 8.95. The number of hydrogen-bond donors (Lipinski definition) is 0. The summed E-state index contributed by atoms with van der Waals surface area (Å²) in [6.07, 6.45) is 9.73. The van der Waals surface area contributed by atoms with Gasteiger partial charge in [0.15, 0.2) is 0 Å². The summed E-state index contributed by atoms with van der Waals surface area (Å²) in [7, 11) is 2.25. The number of fused-ring (bicyclic) bond motifs is 2. The van der Waals surface area contributed by atoms with Crippen LogP contribution in [0.15, 0.2) is 48.5 Å². The molecule has 0 amide bonds. The molecule has 0 N–H and O–H groups in total. The van der Waals surface area contributed by atoms with Crippen molar-refractivity contribution in [2.45, 2.75) is 69.6 Å². The van der Waals surface area contributed by atoms with E-state index in [1.165, 1.54) is 73.7 Å². The molecule has 0 saturated carbocycles. The molecule has 2 nitrogen and oxygen atoms in total. The summed E-state index contributed by atoms with van der Waals surface area (Å²) in [5.41, 5.74) is 5.62. The van der Waals surface area contributed by atoms with Crippen LogP contribution in [-0.4, -0.2) is 35.5 Å². The van der Waals surface area contributed by atoms with Crippen molar-refractivity contribution in [1.82, 2.24) is 9.80 Å². The molecule has 3 heterocycles. The van der Waals surface area contributed by atoms with E-state index in [9.17, 15) is 0 Å². The normalized spacial score (nSPS) is 28.7. The third-order valence-corrected chi connectivity index (χ3v) is 7.31. The molecule has 3 unspecified atom stereocenters. The SMILES string of the molecule is CN1CCCC1c1ccc(-c2ccc(CN3C4CCCC3CC4)cc2)cc1. The highest BCUT2D eigenvalue weighted by Crippen LogP contribution is 2.37. The largest absolute Gasteiger partial charge is 0.299 e. The highest BCUT2D eigenvalue weighted by Gasteiger charge is 2.36. The lowest BCUT2D eigenvalue weighted by Crippen LogP contribution is -2.38. The van der Waals surface area contributed by atoms with Crippen LogP contribution >= 0.6 is 0 Å². The lowest BCUT2D eigenvalue weighted by molar-refractivity contribution is 0.132. The molecule has 2 bridgehead atoms. The summed E-state index contributed by atoms with van der Waals surface area (Å²) in [4.78, 5) is 5.27. The molecule has 3 fully saturated rings. The number of hydrogen-bond acceptors (Lipinski definition) is 2. The van der Waals surface area contributed by atoms with Gasteiger partial charge < -0.3 is 0 Å². The summed E-state index contributed by atoms with van der Waals surface area (Å²) < 4.78 is 0. The van der Waals surface area contributed by atoms with Crippen LogP contribution in [0.2, 0.25) is 0 Å². The third kappa shape index (κ3) is 3.46. The van der Waals surface area contributed by atoms with Gasteiger partial charge in [-0.15, -0.1) is 0 Å². The van der Waals surface area contributed by atoms with Gasteiger partial charge in [-0.2, -0.15) is 0 Å². The molecule has 0 aromatic heterocycles. The Morgan fingerprint density at radius 3 is 1.96 bits per heavy atom. The van der Waals surface area contributed by atoms with Crippen LogP contribution in [0, 0.1) is 0 Å². The van der Waals surface area contributed by atoms with Crippen LogP contribution in [0.4, 0.5) is 0 Å². The zero-order valence-corrected chi connectivity index (χ0v) is 16.6. The first-order chi connectivity index (χ1) is 13.3. The van der Waals surface area contributed by atoms with Gasteiger partial charge in [0.1, 0.15) is 0 Å². The molecule has 3 atom stereocenters. The van der Waals surface area contributed by atoms with Crippen molar-refractivity contribution in [3.63, 3.8) is 0 Å². The topological polar surface area (TPSA) is 6.48 Å². The first-order valence-electron chi connectivity index (χ1n) is 10.9. The molecule has 2 aromatic rings. The van der Waals surface area contributed by atoms with E-state index in [4.69, 9.17) is 0 Å². The number of nitrogens with zero attached hydrogens (tertiary/aromatic N) is 2. The van der Waals surface area contributed by atoms with Gasteiger partial charge in [-0.3, -0.25) is 9.80 Å². The number of rotatable bonds is 4. The zero-order valence-electron chi connectivity index (χ0n) is 16.6. The first-order valence-corrected chi connectivity index (χ1v) is 10.9. The second-order valence-corrected chi connectivity index (χ2v) is 8.95. The van der Waals surface area contributed by atoms with E-state index in [2.05, 4.69) is 65.4 Å². The fourth-order valence-corrected chi connectivity index (χ4v) is 5.72. The lowest BCUT2D eigenvalue weighted by atomic mass is 9.98. The van der Waals surface area contributed by atoms with Gasteiger partial charge in [0.05, 0.1) is 0 Å². The Labute approximate surface area is 164 Å². The van der Waals surface area contributed by atoms with E-state index in [-0.39, 0.29) is 0 Å². The minimum Gasteiger partial charge on any atom is -0.299 e. The molecule has 3 aliphatic rings. The summed E-state index contributed by atoms with van der Waals surface area (Å²) in [5.74, 6) is 0. The number of piperidine rings is 1. The zero-order chi connectivity index (χ0) is 18.2. The summed E-state index contributed by atoms with van der Waals surface area (Å²) in [5, 5.41) is 0. The monoisotopic (exact) mass is 360 g/mol. The van der Waals surface area contributed by atoms with Crippen molar-refractivity contribution in [3.8, 4) is 11.1 Å². The number of likely N-dealkylation sites (tertiary alicyclic amines) is 1. The standard InChI is InChI=1S/C25H32N2/c1-26-17-3-6-25(26)22-13-11-21(12-14-22)20-9-7-19(8-10-20)18-27-23-4-2-5-24(27)16-15-23/h7-14,23-25H,2-6,15-18H2,1H3. The van der Waals surface area contributed by atoms with Crippen molar-refractivity contribution in [2.24, 2.45) is 0 Å². The Bertz CT molecular complexity index is 748. The average molecular weight is 361 g/mol. The van der Waals surface area contributed by atoms with E-state index in [1.807, 2.05) is 0 Å². The Balaban J connectivity index is 1.27. The van der Waals surface area contributed by atoms with Crippen LogP contribution in [0.3, 0.4) is 0 Å². The summed E-state index contributed by atoms with van der Waals surface area (Å²) in [6, 6.07) is 20.9. The average Bonchev–Trinajstić information content (AvgIpc) is 3.21. The molecule has 5 rings (SSSR count).